The number of hydrogen-bond acceptors (Lipinski definition) is 4. The first-order valence-electron chi connectivity index (χ1n) is 9.54. The average Bonchev–Trinajstić information content (AvgIpc) is 3.29. The molecule has 4 rings (SSSR count). The van der Waals surface area contributed by atoms with Gasteiger partial charge in [0, 0.05) is 42.3 Å². The topological polar surface area (TPSA) is 40.9 Å². The van der Waals surface area contributed by atoms with Crippen LogP contribution >= 0.6 is 0 Å². The Kier molecular flexibility index (Phi) is 5.75. The number of anilines is 1. The Morgan fingerprint density at radius 1 is 0.933 bits per heavy atom. The Labute approximate surface area is 173 Å². The van der Waals surface area contributed by atoms with E-state index in [0.29, 0.717) is 12.3 Å². The Morgan fingerprint density at radius 3 is 2.27 bits per heavy atom. The standard InChI is InChI=1S/C24H20F2N4/c1-17(19-11-13-27-14-12-19)30(21-5-3-2-4-6-21)16-18-7-9-20(10-8-18)22-15-23(24(25)26)29-28-22/h2-14,24H,1,15-16H2. The zero-order chi connectivity index (χ0) is 20.9. The van der Waals surface area contributed by atoms with Crippen molar-refractivity contribution in [1.82, 2.24) is 4.98 Å². The Morgan fingerprint density at radius 2 is 1.63 bits per heavy atom. The number of nitrogens with zero attached hydrogens (tertiary/aromatic N) is 4. The molecule has 2 aromatic carbocycles. The van der Waals surface area contributed by atoms with E-state index in [1.807, 2.05) is 66.7 Å². The van der Waals surface area contributed by atoms with Gasteiger partial charge in [0.2, 0.25) is 0 Å². The highest BCUT2D eigenvalue weighted by molar-refractivity contribution is 6.15. The number of halogens is 2. The first kappa shape index (κ1) is 19.6. The molecule has 0 bridgehead atoms. The van der Waals surface area contributed by atoms with Crippen LogP contribution in [0.1, 0.15) is 23.1 Å². The molecule has 150 valence electrons. The molecular weight excluding hydrogens is 382 g/mol. The van der Waals surface area contributed by atoms with Crippen molar-refractivity contribution in [3.8, 4) is 0 Å². The van der Waals surface area contributed by atoms with E-state index in [2.05, 4.69) is 26.7 Å². The lowest BCUT2D eigenvalue weighted by atomic mass is 10.0. The van der Waals surface area contributed by atoms with Crippen molar-refractivity contribution in [1.29, 1.82) is 0 Å². The summed E-state index contributed by atoms with van der Waals surface area (Å²) in [5.41, 5.74) is 5.13. The van der Waals surface area contributed by atoms with Gasteiger partial charge in [-0.15, -0.1) is 0 Å². The predicted octanol–water partition coefficient (Wildman–Crippen LogP) is 5.57. The van der Waals surface area contributed by atoms with Crippen LogP contribution in [0.3, 0.4) is 0 Å². The van der Waals surface area contributed by atoms with Gasteiger partial charge in [0.1, 0.15) is 5.71 Å². The quantitative estimate of drug-likeness (QED) is 0.518. The van der Waals surface area contributed by atoms with E-state index in [1.165, 1.54) is 0 Å². The number of rotatable bonds is 7. The van der Waals surface area contributed by atoms with Gasteiger partial charge in [0.25, 0.3) is 6.43 Å². The minimum absolute atomic E-state index is 0.0893. The molecule has 0 amide bonds. The van der Waals surface area contributed by atoms with Crippen molar-refractivity contribution in [3.05, 3.63) is 102 Å². The van der Waals surface area contributed by atoms with Crippen molar-refractivity contribution >= 4 is 22.8 Å². The van der Waals surface area contributed by atoms with Gasteiger partial charge < -0.3 is 4.90 Å². The van der Waals surface area contributed by atoms with Crippen LogP contribution in [0.4, 0.5) is 14.5 Å². The Balaban J connectivity index is 1.54. The van der Waals surface area contributed by atoms with Crippen LogP contribution in [-0.2, 0) is 6.54 Å². The van der Waals surface area contributed by atoms with Crippen LogP contribution in [0.15, 0.2) is 95.9 Å². The SMILES string of the molecule is C=C(c1ccncc1)N(Cc1ccc(C2=NN=C(C(F)F)C2)cc1)c1ccccc1. The first-order chi connectivity index (χ1) is 14.6. The normalized spacial score (nSPS) is 13.2. The van der Waals surface area contributed by atoms with Gasteiger partial charge in [-0.05, 0) is 35.4 Å². The largest absolute Gasteiger partial charge is 0.337 e. The molecule has 1 aliphatic heterocycles. The van der Waals surface area contributed by atoms with Crippen molar-refractivity contribution in [2.24, 2.45) is 10.2 Å². The number of hydrogen-bond donors (Lipinski definition) is 0. The summed E-state index contributed by atoms with van der Waals surface area (Å²) in [4.78, 5) is 6.21. The second-order valence-corrected chi connectivity index (χ2v) is 6.92. The summed E-state index contributed by atoms with van der Waals surface area (Å²) in [6, 6.07) is 21.7. The van der Waals surface area contributed by atoms with Crippen LogP contribution in [0.5, 0.6) is 0 Å². The number of alkyl halides is 2. The minimum atomic E-state index is -2.57. The Bertz CT molecular complexity index is 1080. The van der Waals surface area contributed by atoms with Crippen LogP contribution in [0.2, 0.25) is 0 Å². The molecule has 0 radical (unpaired) electrons. The molecule has 0 aliphatic carbocycles. The molecule has 0 unspecified atom stereocenters. The monoisotopic (exact) mass is 402 g/mol. The molecule has 2 heterocycles. The summed E-state index contributed by atoms with van der Waals surface area (Å²) in [6.07, 6.45) is 1.02. The van der Waals surface area contributed by atoms with Gasteiger partial charge in [-0.1, -0.05) is 49.0 Å². The van der Waals surface area contributed by atoms with E-state index in [1.54, 1.807) is 12.4 Å². The highest BCUT2D eigenvalue weighted by Gasteiger charge is 2.22. The Hall–Kier alpha value is -3.67. The van der Waals surface area contributed by atoms with Gasteiger partial charge in [-0.3, -0.25) is 4.98 Å². The van der Waals surface area contributed by atoms with Crippen molar-refractivity contribution < 1.29 is 8.78 Å². The molecule has 1 aliphatic rings. The molecule has 0 N–H and O–H groups in total. The van der Waals surface area contributed by atoms with E-state index >= 15 is 0 Å². The second-order valence-electron chi connectivity index (χ2n) is 6.92. The molecule has 30 heavy (non-hydrogen) atoms. The zero-order valence-electron chi connectivity index (χ0n) is 16.2. The fraction of sp³-hybridized carbons (Fsp3) is 0.125. The summed E-state index contributed by atoms with van der Waals surface area (Å²) in [7, 11) is 0. The third kappa shape index (κ3) is 4.33. The van der Waals surface area contributed by atoms with Crippen LogP contribution < -0.4 is 4.90 Å². The first-order valence-corrected chi connectivity index (χ1v) is 9.54. The smallest absolute Gasteiger partial charge is 0.278 e. The van der Waals surface area contributed by atoms with E-state index in [9.17, 15) is 8.78 Å². The summed E-state index contributed by atoms with van der Waals surface area (Å²) < 4.78 is 25.6. The van der Waals surface area contributed by atoms with Crippen LogP contribution in [0, 0.1) is 0 Å². The molecule has 0 saturated carbocycles. The highest BCUT2D eigenvalue weighted by atomic mass is 19.3. The molecule has 0 fully saturated rings. The molecular formula is C24H20F2N4. The fourth-order valence-corrected chi connectivity index (χ4v) is 3.28. The summed E-state index contributed by atoms with van der Waals surface area (Å²) >= 11 is 0. The molecule has 3 aromatic rings. The molecule has 0 atom stereocenters. The fourth-order valence-electron chi connectivity index (χ4n) is 3.28. The van der Waals surface area contributed by atoms with Gasteiger partial charge in [-0.2, -0.15) is 10.2 Å². The second kappa shape index (κ2) is 8.78. The summed E-state index contributed by atoms with van der Waals surface area (Å²) in [5.74, 6) is 0. The van der Waals surface area contributed by atoms with E-state index in [-0.39, 0.29) is 12.1 Å². The number of pyridine rings is 1. The van der Waals surface area contributed by atoms with E-state index < -0.39 is 6.43 Å². The summed E-state index contributed by atoms with van der Waals surface area (Å²) in [5, 5.41) is 7.50. The maximum Gasteiger partial charge on any atom is 0.278 e. The maximum absolute atomic E-state index is 12.8. The van der Waals surface area contributed by atoms with Crippen LogP contribution in [-0.4, -0.2) is 22.8 Å². The van der Waals surface area contributed by atoms with Crippen molar-refractivity contribution in [2.75, 3.05) is 4.90 Å². The summed E-state index contributed by atoms with van der Waals surface area (Å²) in [6.45, 7) is 4.90. The van der Waals surface area contributed by atoms with E-state index in [4.69, 9.17) is 0 Å². The van der Waals surface area contributed by atoms with Gasteiger partial charge in [0.15, 0.2) is 0 Å². The lowest BCUT2D eigenvalue weighted by Crippen LogP contribution is -2.20. The third-order valence-electron chi connectivity index (χ3n) is 4.93. The zero-order valence-corrected chi connectivity index (χ0v) is 16.2. The molecule has 4 nitrogen and oxygen atoms in total. The molecule has 6 heteroatoms. The number of benzene rings is 2. The number of aromatic nitrogens is 1. The minimum Gasteiger partial charge on any atom is -0.337 e. The predicted molar refractivity (Wildman–Crippen MR) is 117 cm³/mol. The highest BCUT2D eigenvalue weighted by Crippen LogP contribution is 2.27. The van der Waals surface area contributed by atoms with E-state index in [0.717, 1.165) is 28.1 Å². The molecule has 0 saturated heterocycles. The lowest BCUT2D eigenvalue weighted by molar-refractivity contribution is 0.224. The van der Waals surface area contributed by atoms with Gasteiger partial charge in [0.05, 0.1) is 5.71 Å². The number of para-hydroxylation sites is 1. The lowest BCUT2D eigenvalue weighted by Gasteiger charge is -2.27. The van der Waals surface area contributed by atoms with Gasteiger partial charge >= 0.3 is 0 Å². The maximum atomic E-state index is 12.8. The molecule has 1 aromatic heterocycles. The third-order valence-corrected chi connectivity index (χ3v) is 4.93. The average molecular weight is 402 g/mol. The van der Waals surface area contributed by atoms with Crippen molar-refractivity contribution in [2.45, 2.75) is 19.4 Å². The van der Waals surface area contributed by atoms with Crippen LogP contribution in [0.25, 0.3) is 5.70 Å². The van der Waals surface area contributed by atoms with Crippen molar-refractivity contribution in [3.63, 3.8) is 0 Å². The van der Waals surface area contributed by atoms with Gasteiger partial charge in [-0.25, -0.2) is 8.78 Å². The molecule has 0 spiro atoms.